The third kappa shape index (κ3) is 8.22. The van der Waals surface area contributed by atoms with Crippen molar-refractivity contribution in [3.8, 4) is 0 Å². The Kier molecular flexibility index (Phi) is 9.21. The molecule has 6 N–H and O–H groups in total. The number of carbonyl (C=O) groups excluding carboxylic acids is 2. The summed E-state index contributed by atoms with van der Waals surface area (Å²) in [6.45, 7) is 1.66. The number of carbonyl (C=O) groups is 2. The molecule has 31 heavy (non-hydrogen) atoms. The van der Waals surface area contributed by atoms with Crippen LogP contribution in [0.15, 0.2) is 49.1 Å². The second-order valence-electron chi connectivity index (χ2n) is 5.48. The highest BCUT2D eigenvalue weighted by Gasteiger charge is 2.26. The van der Waals surface area contributed by atoms with Crippen LogP contribution in [0.5, 0.6) is 0 Å². The van der Waals surface area contributed by atoms with Gasteiger partial charge in [-0.05, 0) is 55.6 Å². The number of rotatable bonds is 6. The van der Waals surface area contributed by atoms with Gasteiger partial charge in [0, 0.05) is 35.9 Å². The van der Waals surface area contributed by atoms with Gasteiger partial charge in [-0.25, -0.2) is 4.57 Å². The molecular formula is C16H19N8O4PS2. The van der Waals surface area contributed by atoms with Crippen molar-refractivity contribution in [2.24, 2.45) is 0 Å². The largest absolute Gasteiger partial charge is 0.395 e. The van der Waals surface area contributed by atoms with Gasteiger partial charge in [-0.2, -0.15) is 0 Å². The monoisotopic (exact) mass is 482 g/mol. The molecule has 0 radical (unpaired) electrons. The SMILES string of the molecule is CCOP(=O)(NC(=S)NNC(=O)c1ccncc1)NC(=S)NNC(=O)c1ccncc1. The fourth-order valence-electron chi connectivity index (χ4n) is 1.98. The van der Waals surface area contributed by atoms with Crippen molar-refractivity contribution in [2.75, 3.05) is 6.61 Å². The van der Waals surface area contributed by atoms with Crippen LogP contribution in [0.1, 0.15) is 27.6 Å². The Bertz CT molecular complexity index is 907. The van der Waals surface area contributed by atoms with Crippen LogP contribution in [-0.2, 0) is 9.09 Å². The Morgan fingerprint density at radius 3 is 1.58 bits per heavy atom. The van der Waals surface area contributed by atoms with E-state index in [1.165, 1.54) is 49.1 Å². The summed E-state index contributed by atoms with van der Waals surface area (Å²) in [5.41, 5.74) is 10.2. The Morgan fingerprint density at radius 1 is 0.839 bits per heavy atom. The quantitative estimate of drug-likeness (QED) is 0.193. The van der Waals surface area contributed by atoms with Gasteiger partial charge in [-0.3, -0.25) is 56.0 Å². The Balaban J connectivity index is 1.86. The molecule has 0 unspecified atom stereocenters. The first-order chi connectivity index (χ1) is 14.8. The highest BCUT2D eigenvalue weighted by molar-refractivity contribution is 7.82. The third-order valence-corrected chi connectivity index (χ3v) is 5.64. The lowest BCUT2D eigenvalue weighted by Gasteiger charge is -2.22. The van der Waals surface area contributed by atoms with E-state index in [0.717, 1.165) is 0 Å². The molecule has 0 aliphatic heterocycles. The minimum Gasteiger partial charge on any atom is -0.298 e. The summed E-state index contributed by atoms with van der Waals surface area (Å²) < 4.78 is 18.1. The van der Waals surface area contributed by atoms with Crippen molar-refractivity contribution >= 4 is 54.1 Å². The number of hydrogen-bond acceptors (Lipinski definition) is 8. The lowest BCUT2D eigenvalue weighted by Crippen LogP contribution is -2.50. The predicted octanol–water partition coefficient (Wildman–Crippen LogP) is 0.539. The molecule has 0 aromatic carbocycles. The van der Waals surface area contributed by atoms with Crippen molar-refractivity contribution in [2.45, 2.75) is 6.92 Å². The standard InChI is InChI=1S/C16H19N8O4PS2/c1-2-28-29(27,23-15(30)21-19-13(25)11-3-7-17-8-4-11)24-16(31)22-20-14(26)12-5-9-18-10-6-12/h3-10H,2H2,1H3,(H,19,25)(H,20,26)(H4,21,22,23,24,27,30,31). The molecule has 2 aromatic heterocycles. The normalized spacial score (nSPS) is 10.4. The molecule has 0 spiro atoms. The molecule has 0 aliphatic rings. The molecule has 0 saturated heterocycles. The molecule has 15 heteroatoms. The molecule has 2 amide bonds. The first-order valence-corrected chi connectivity index (χ1v) is 11.1. The van der Waals surface area contributed by atoms with Crippen molar-refractivity contribution in [1.29, 1.82) is 0 Å². The number of hydrogen-bond donors (Lipinski definition) is 6. The van der Waals surface area contributed by atoms with E-state index < -0.39 is 19.5 Å². The van der Waals surface area contributed by atoms with Crippen molar-refractivity contribution in [3.63, 3.8) is 0 Å². The van der Waals surface area contributed by atoms with Gasteiger partial charge in [0.25, 0.3) is 11.8 Å². The topological polar surface area (TPSA) is 158 Å². The van der Waals surface area contributed by atoms with Crippen LogP contribution in [0, 0.1) is 0 Å². The summed E-state index contributed by atoms with van der Waals surface area (Å²) in [5.74, 6) is -0.969. The fourth-order valence-corrected chi connectivity index (χ4v) is 3.99. The summed E-state index contributed by atoms with van der Waals surface area (Å²) in [4.78, 5) is 31.6. The molecule has 164 valence electrons. The van der Waals surface area contributed by atoms with Crippen LogP contribution < -0.4 is 31.9 Å². The number of pyridine rings is 2. The van der Waals surface area contributed by atoms with E-state index >= 15 is 0 Å². The zero-order valence-corrected chi connectivity index (χ0v) is 18.6. The van der Waals surface area contributed by atoms with Crippen molar-refractivity contribution < 1.29 is 18.7 Å². The van der Waals surface area contributed by atoms with E-state index in [0.29, 0.717) is 11.1 Å². The zero-order valence-electron chi connectivity index (χ0n) is 16.1. The van der Waals surface area contributed by atoms with Crippen LogP contribution in [0.25, 0.3) is 0 Å². The highest BCUT2D eigenvalue weighted by Crippen LogP contribution is 2.36. The molecule has 2 aromatic rings. The Morgan fingerprint density at radius 2 is 1.23 bits per heavy atom. The van der Waals surface area contributed by atoms with Crippen molar-refractivity contribution in [1.82, 2.24) is 41.8 Å². The van der Waals surface area contributed by atoms with Gasteiger partial charge in [0.2, 0.25) is 0 Å². The third-order valence-electron chi connectivity index (χ3n) is 3.27. The molecule has 0 aliphatic carbocycles. The first kappa shape index (κ1) is 24.1. The van der Waals surface area contributed by atoms with E-state index in [4.69, 9.17) is 29.0 Å². The minimum absolute atomic E-state index is 0.0508. The number of amides is 2. The maximum atomic E-state index is 12.9. The summed E-state index contributed by atoms with van der Waals surface area (Å²) in [7, 11) is -3.83. The molecule has 0 saturated carbocycles. The molecule has 0 bridgehead atoms. The molecule has 0 atom stereocenters. The van der Waals surface area contributed by atoms with Crippen LogP contribution >= 0.6 is 32.1 Å². The second-order valence-corrected chi connectivity index (χ2v) is 8.11. The van der Waals surface area contributed by atoms with Crippen molar-refractivity contribution in [3.05, 3.63) is 60.2 Å². The highest BCUT2D eigenvalue weighted by atomic mass is 32.1. The zero-order chi connectivity index (χ0) is 22.7. The lowest BCUT2D eigenvalue weighted by atomic mass is 10.3. The van der Waals surface area contributed by atoms with Gasteiger partial charge in [0.15, 0.2) is 10.2 Å². The molecule has 2 heterocycles. The van der Waals surface area contributed by atoms with Gasteiger partial charge >= 0.3 is 7.67 Å². The molecule has 12 nitrogen and oxygen atoms in total. The van der Waals surface area contributed by atoms with Crippen LogP contribution in [0.4, 0.5) is 0 Å². The van der Waals surface area contributed by atoms with Gasteiger partial charge in [0.05, 0.1) is 6.61 Å². The van der Waals surface area contributed by atoms with Crippen LogP contribution in [0.3, 0.4) is 0 Å². The molecule has 2 rings (SSSR count). The smallest absolute Gasteiger partial charge is 0.298 e. The van der Waals surface area contributed by atoms with E-state index in [9.17, 15) is 14.2 Å². The first-order valence-electron chi connectivity index (χ1n) is 8.65. The van der Waals surface area contributed by atoms with E-state index in [1.54, 1.807) is 6.92 Å². The number of nitrogens with zero attached hydrogens (tertiary/aromatic N) is 2. The fraction of sp³-hybridized carbons (Fsp3) is 0.125. The number of aromatic nitrogens is 2. The number of thiocarbonyl (C=S) groups is 2. The van der Waals surface area contributed by atoms with Crippen LogP contribution in [-0.4, -0.2) is 38.6 Å². The Labute approximate surface area is 188 Å². The molecular weight excluding hydrogens is 463 g/mol. The maximum absolute atomic E-state index is 12.9. The van der Waals surface area contributed by atoms with E-state index in [1.807, 2.05) is 0 Å². The van der Waals surface area contributed by atoms with Gasteiger partial charge < -0.3 is 0 Å². The number of hydrazine groups is 2. The maximum Gasteiger partial charge on any atom is 0.395 e. The summed E-state index contributed by atoms with van der Waals surface area (Å²) in [6.07, 6.45) is 5.83. The predicted molar refractivity (Wildman–Crippen MR) is 120 cm³/mol. The average Bonchev–Trinajstić information content (AvgIpc) is 2.77. The second kappa shape index (κ2) is 11.9. The Hall–Kier alpha value is -3.19. The summed E-state index contributed by atoms with van der Waals surface area (Å²) >= 11 is 10.1. The molecule has 0 fully saturated rings. The average molecular weight is 482 g/mol. The number of nitrogens with one attached hydrogen (secondary N) is 6. The minimum atomic E-state index is -3.83. The van der Waals surface area contributed by atoms with E-state index in [2.05, 4.69) is 41.8 Å². The van der Waals surface area contributed by atoms with E-state index in [-0.39, 0.29) is 16.8 Å². The van der Waals surface area contributed by atoms with Gasteiger partial charge in [0.1, 0.15) is 0 Å². The van der Waals surface area contributed by atoms with Crippen LogP contribution in [0.2, 0.25) is 0 Å². The summed E-state index contributed by atoms with van der Waals surface area (Å²) in [6, 6.07) is 6.02. The lowest BCUT2D eigenvalue weighted by molar-refractivity contribution is 0.0936. The van der Waals surface area contributed by atoms with Gasteiger partial charge in [-0.1, -0.05) is 0 Å². The summed E-state index contributed by atoms with van der Waals surface area (Å²) in [5, 5.41) is 4.44. The van der Waals surface area contributed by atoms with Gasteiger partial charge in [-0.15, -0.1) is 0 Å².